The van der Waals surface area contributed by atoms with E-state index in [0.29, 0.717) is 24.6 Å². The largest absolute Gasteiger partial charge is 0.497 e. The number of anilines is 1. The smallest absolute Gasteiger partial charge is 0.323 e. The number of fused-ring (bicyclic) bond motifs is 5. The van der Waals surface area contributed by atoms with Crippen molar-refractivity contribution in [2.45, 2.75) is 45.2 Å². The van der Waals surface area contributed by atoms with Crippen LogP contribution in [0, 0.1) is 0 Å². The number of carbonyl (C=O) groups is 1. The number of aryl methyl sites for hydroxylation is 1. The molecule has 7 heteroatoms. The fourth-order valence-electron chi connectivity index (χ4n) is 5.56. The minimum absolute atomic E-state index is 0.149. The summed E-state index contributed by atoms with van der Waals surface area (Å²) >= 11 is 1.89. The lowest BCUT2D eigenvalue weighted by Gasteiger charge is -2.31. The SMILES string of the molecule is CCOc1ccccc1NC(=O)N1Cc2c(sc3c2CCCC3)-n2cccc2[C@H]1c1ccc(OC)cc1. The van der Waals surface area contributed by atoms with Crippen molar-refractivity contribution < 1.29 is 14.3 Å². The van der Waals surface area contributed by atoms with E-state index in [1.807, 2.05) is 59.6 Å². The van der Waals surface area contributed by atoms with E-state index in [0.717, 1.165) is 29.8 Å². The third-order valence-electron chi connectivity index (χ3n) is 7.30. The van der Waals surface area contributed by atoms with E-state index < -0.39 is 0 Å². The molecule has 37 heavy (non-hydrogen) atoms. The third-order valence-corrected chi connectivity index (χ3v) is 8.63. The molecule has 1 aliphatic carbocycles. The van der Waals surface area contributed by atoms with Gasteiger partial charge in [0, 0.05) is 16.6 Å². The van der Waals surface area contributed by atoms with Crippen LogP contribution in [0.2, 0.25) is 0 Å². The molecule has 0 fully saturated rings. The van der Waals surface area contributed by atoms with Gasteiger partial charge in [-0.1, -0.05) is 24.3 Å². The Morgan fingerprint density at radius 2 is 1.84 bits per heavy atom. The number of carbonyl (C=O) groups excluding carboxylic acids is 1. The van der Waals surface area contributed by atoms with Crippen molar-refractivity contribution in [1.82, 2.24) is 9.47 Å². The minimum atomic E-state index is -0.265. The highest BCUT2D eigenvalue weighted by Gasteiger charge is 2.36. The number of urea groups is 1. The van der Waals surface area contributed by atoms with Crippen LogP contribution in [0.25, 0.3) is 5.00 Å². The molecule has 2 aromatic carbocycles. The predicted octanol–water partition coefficient (Wildman–Crippen LogP) is 6.96. The molecule has 1 atom stereocenters. The van der Waals surface area contributed by atoms with Gasteiger partial charge in [0.1, 0.15) is 16.5 Å². The molecule has 1 aliphatic heterocycles. The molecule has 190 valence electrons. The predicted molar refractivity (Wildman–Crippen MR) is 147 cm³/mol. The van der Waals surface area contributed by atoms with Crippen molar-refractivity contribution in [2.75, 3.05) is 19.0 Å². The number of ether oxygens (including phenoxy) is 2. The topological polar surface area (TPSA) is 55.7 Å². The van der Waals surface area contributed by atoms with Gasteiger partial charge in [0.2, 0.25) is 0 Å². The molecule has 0 unspecified atom stereocenters. The number of nitrogens with one attached hydrogen (secondary N) is 1. The van der Waals surface area contributed by atoms with Gasteiger partial charge in [0.15, 0.2) is 0 Å². The average molecular weight is 514 g/mol. The van der Waals surface area contributed by atoms with E-state index in [1.165, 1.54) is 33.8 Å². The number of amides is 2. The second-order valence-corrected chi connectivity index (χ2v) is 10.5. The summed E-state index contributed by atoms with van der Waals surface area (Å²) in [6.45, 7) is 3.02. The molecule has 0 radical (unpaired) electrons. The number of hydrogen-bond acceptors (Lipinski definition) is 4. The Labute approximate surface area is 221 Å². The lowest BCUT2D eigenvalue weighted by molar-refractivity contribution is 0.194. The van der Waals surface area contributed by atoms with E-state index in [1.54, 1.807) is 7.11 Å². The molecule has 1 N–H and O–H groups in total. The molecule has 2 amide bonds. The van der Waals surface area contributed by atoms with Crippen molar-refractivity contribution in [1.29, 1.82) is 0 Å². The molecule has 0 saturated heterocycles. The number of aromatic nitrogens is 1. The second-order valence-electron chi connectivity index (χ2n) is 9.46. The van der Waals surface area contributed by atoms with Gasteiger partial charge in [0.25, 0.3) is 0 Å². The summed E-state index contributed by atoms with van der Waals surface area (Å²) in [6.07, 6.45) is 6.77. The van der Waals surface area contributed by atoms with Gasteiger partial charge in [-0.3, -0.25) is 0 Å². The lowest BCUT2D eigenvalue weighted by atomic mass is 9.95. The lowest BCUT2D eigenvalue weighted by Crippen LogP contribution is -2.38. The Balaban J connectivity index is 1.47. The Morgan fingerprint density at radius 1 is 1.03 bits per heavy atom. The summed E-state index contributed by atoms with van der Waals surface area (Å²) in [6, 6.07) is 19.5. The Morgan fingerprint density at radius 3 is 2.65 bits per heavy atom. The zero-order valence-electron chi connectivity index (χ0n) is 21.2. The number of para-hydroxylation sites is 2. The number of hydrogen-bond donors (Lipinski definition) is 1. The van der Waals surface area contributed by atoms with Crippen LogP contribution in [-0.4, -0.2) is 29.2 Å². The van der Waals surface area contributed by atoms with Gasteiger partial charge < -0.3 is 24.3 Å². The van der Waals surface area contributed by atoms with Crippen LogP contribution in [0.1, 0.15) is 53.1 Å². The highest BCUT2D eigenvalue weighted by Crippen LogP contribution is 2.44. The molecule has 3 heterocycles. The summed E-state index contributed by atoms with van der Waals surface area (Å²) in [5, 5.41) is 4.42. The van der Waals surface area contributed by atoms with Gasteiger partial charge in [-0.05, 0) is 80.1 Å². The van der Waals surface area contributed by atoms with E-state index in [-0.39, 0.29) is 12.1 Å². The summed E-state index contributed by atoms with van der Waals surface area (Å²) < 4.78 is 13.5. The van der Waals surface area contributed by atoms with Gasteiger partial charge >= 0.3 is 6.03 Å². The summed E-state index contributed by atoms with van der Waals surface area (Å²) in [7, 11) is 1.67. The maximum atomic E-state index is 14.1. The van der Waals surface area contributed by atoms with Gasteiger partial charge in [-0.15, -0.1) is 11.3 Å². The zero-order valence-corrected chi connectivity index (χ0v) is 22.0. The van der Waals surface area contributed by atoms with Crippen LogP contribution >= 0.6 is 11.3 Å². The molecule has 6 nitrogen and oxygen atoms in total. The first-order valence-corrected chi connectivity index (χ1v) is 13.7. The van der Waals surface area contributed by atoms with E-state index >= 15 is 0 Å². The van der Waals surface area contributed by atoms with E-state index in [2.05, 4.69) is 40.3 Å². The van der Waals surface area contributed by atoms with Gasteiger partial charge in [0.05, 0.1) is 37.7 Å². The first kappa shape index (κ1) is 23.7. The van der Waals surface area contributed by atoms with E-state index in [4.69, 9.17) is 9.47 Å². The molecule has 2 aliphatic rings. The van der Waals surface area contributed by atoms with Crippen molar-refractivity contribution in [3.8, 4) is 16.5 Å². The average Bonchev–Trinajstić information content (AvgIpc) is 3.52. The Bertz CT molecular complexity index is 1420. The normalized spacial score (nSPS) is 16.3. The molecule has 2 aromatic heterocycles. The number of benzene rings is 2. The fourth-order valence-corrected chi connectivity index (χ4v) is 6.97. The summed E-state index contributed by atoms with van der Waals surface area (Å²) in [5.41, 5.74) is 5.51. The fraction of sp³-hybridized carbons (Fsp3) is 0.300. The molecule has 6 rings (SSSR count). The second kappa shape index (κ2) is 9.98. The van der Waals surface area contributed by atoms with Crippen LogP contribution in [0.3, 0.4) is 0 Å². The first-order chi connectivity index (χ1) is 18.2. The number of nitrogens with zero attached hydrogens (tertiary/aromatic N) is 2. The molecular weight excluding hydrogens is 482 g/mol. The van der Waals surface area contributed by atoms with Crippen LogP contribution in [0.4, 0.5) is 10.5 Å². The minimum Gasteiger partial charge on any atom is -0.497 e. The molecule has 0 spiro atoms. The van der Waals surface area contributed by atoms with Crippen LogP contribution < -0.4 is 14.8 Å². The quantitative estimate of drug-likeness (QED) is 0.314. The number of thiophene rings is 1. The first-order valence-electron chi connectivity index (χ1n) is 12.9. The highest BCUT2D eigenvalue weighted by atomic mass is 32.1. The number of rotatable bonds is 5. The monoisotopic (exact) mass is 513 g/mol. The maximum Gasteiger partial charge on any atom is 0.323 e. The van der Waals surface area contributed by atoms with Crippen molar-refractivity contribution >= 4 is 23.1 Å². The van der Waals surface area contributed by atoms with Crippen molar-refractivity contribution in [3.05, 3.63) is 94.1 Å². The molecule has 0 bridgehead atoms. The summed E-state index contributed by atoms with van der Waals surface area (Å²) in [4.78, 5) is 17.6. The number of methoxy groups -OCH3 is 1. The zero-order chi connectivity index (χ0) is 25.4. The van der Waals surface area contributed by atoms with Crippen molar-refractivity contribution in [3.63, 3.8) is 0 Å². The molecule has 4 aromatic rings. The van der Waals surface area contributed by atoms with Gasteiger partial charge in [-0.25, -0.2) is 4.79 Å². The summed E-state index contributed by atoms with van der Waals surface area (Å²) in [5.74, 6) is 1.47. The Hall–Kier alpha value is -3.71. The molecular formula is C30H31N3O3S. The van der Waals surface area contributed by atoms with E-state index in [9.17, 15) is 4.79 Å². The molecule has 0 saturated carbocycles. The third kappa shape index (κ3) is 4.27. The Kier molecular flexibility index (Phi) is 6.38. The van der Waals surface area contributed by atoms with Crippen LogP contribution in [0.5, 0.6) is 11.5 Å². The maximum absolute atomic E-state index is 14.1. The van der Waals surface area contributed by atoms with Crippen LogP contribution in [0.15, 0.2) is 66.9 Å². The highest BCUT2D eigenvalue weighted by molar-refractivity contribution is 7.15. The standard InChI is InChI=1S/C30H31N3O3S/c1-3-36-26-12-6-5-10-24(26)31-30(34)33-19-23-22-9-4-7-13-27(22)37-29(23)32-18-8-11-25(32)28(33)20-14-16-21(35-2)17-15-20/h5-6,8,10-12,14-18,28H,3-4,7,9,13,19H2,1-2H3,(H,31,34)/t28-/m1/s1. The van der Waals surface area contributed by atoms with Crippen molar-refractivity contribution in [2.24, 2.45) is 0 Å². The van der Waals surface area contributed by atoms with Gasteiger partial charge in [-0.2, -0.15) is 0 Å². The van der Waals surface area contributed by atoms with Crippen LogP contribution in [-0.2, 0) is 19.4 Å².